The largest absolute Gasteiger partial charge is 0.337 e. The van der Waals surface area contributed by atoms with E-state index >= 15 is 0 Å². The van der Waals surface area contributed by atoms with E-state index in [4.69, 9.17) is 0 Å². The van der Waals surface area contributed by atoms with Crippen molar-refractivity contribution in [3.63, 3.8) is 0 Å². The lowest BCUT2D eigenvalue weighted by Gasteiger charge is -2.32. The number of pyridine rings is 1. The Balaban J connectivity index is 1.47. The minimum Gasteiger partial charge on any atom is -0.337 e. The molecule has 8 nitrogen and oxygen atoms in total. The first kappa shape index (κ1) is 23.2. The Hall–Kier alpha value is -1.95. The molecule has 172 valence electrons. The number of carbonyl (C=O) groups excluding carboxylic acids is 2. The molecule has 2 fully saturated rings. The van der Waals surface area contributed by atoms with Gasteiger partial charge in [0.25, 0.3) is 5.91 Å². The lowest BCUT2D eigenvalue weighted by molar-refractivity contribution is -0.121. The molecule has 32 heavy (non-hydrogen) atoms. The first-order valence-corrected chi connectivity index (χ1v) is 14.0. The predicted octanol–water partition coefficient (Wildman–Crippen LogP) is 2.68. The zero-order valence-electron chi connectivity index (χ0n) is 17.8. The Kier molecular flexibility index (Phi) is 7.18. The number of likely N-dealkylation sites (tertiary alicyclic amines) is 1. The van der Waals surface area contributed by atoms with Crippen LogP contribution in [0.5, 0.6) is 0 Å². The maximum absolute atomic E-state index is 13.3. The van der Waals surface area contributed by atoms with Gasteiger partial charge in [-0.15, -0.1) is 11.3 Å². The normalized spacial score (nSPS) is 20.2. The highest BCUT2D eigenvalue weighted by Gasteiger charge is 2.35. The number of carbonyl (C=O) groups is 2. The van der Waals surface area contributed by atoms with Gasteiger partial charge in [-0.3, -0.25) is 9.59 Å². The third-order valence-corrected chi connectivity index (χ3v) is 9.55. The second kappa shape index (κ2) is 9.90. The van der Waals surface area contributed by atoms with Crippen LogP contribution in [0, 0.1) is 12.8 Å². The number of aryl methyl sites for hydroxylation is 1. The molecule has 2 amide bonds. The smallest absolute Gasteiger partial charge is 0.265 e. The van der Waals surface area contributed by atoms with E-state index in [1.165, 1.54) is 10.4 Å². The van der Waals surface area contributed by atoms with Gasteiger partial charge < -0.3 is 10.2 Å². The zero-order chi connectivity index (χ0) is 22.7. The van der Waals surface area contributed by atoms with Crippen molar-refractivity contribution in [2.24, 2.45) is 5.92 Å². The summed E-state index contributed by atoms with van der Waals surface area (Å²) in [5.41, 5.74) is 0.807. The molecular formula is C21H26N4O4S3. The summed E-state index contributed by atoms with van der Waals surface area (Å²) in [5, 5.41) is 4.48. The number of thiophene rings is 1. The van der Waals surface area contributed by atoms with Gasteiger partial charge in [0.15, 0.2) is 0 Å². The second-order valence-electron chi connectivity index (χ2n) is 7.87. The number of rotatable bonds is 5. The van der Waals surface area contributed by atoms with Gasteiger partial charge in [-0.05, 0) is 43.3 Å². The molecule has 4 heterocycles. The van der Waals surface area contributed by atoms with E-state index in [0.717, 1.165) is 28.5 Å². The molecule has 11 heteroatoms. The molecule has 2 aromatic heterocycles. The number of thioether (sulfide) groups is 1. The molecule has 0 radical (unpaired) electrons. The molecule has 1 atom stereocenters. The first-order valence-electron chi connectivity index (χ1n) is 10.6. The fourth-order valence-corrected chi connectivity index (χ4v) is 7.88. The Morgan fingerprint density at radius 1 is 1.16 bits per heavy atom. The highest BCUT2D eigenvalue weighted by Crippen LogP contribution is 2.30. The fraction of sp³-hybridized carbons (Fsp3) is 0.476. The summed E-state index contributed by atoms with van der Waals surface area (Å²) >= 11 is 2.87. The number of sulfonamides is 1. The predicted molar refractivity (Wildman–Crippen MR) is 127 cm³/mol. The lowest BCUT2D eigenvalue weighted by Crippen LogP contribution is -2.44. The molecule has 4 rings (SSSR count). The zero-order valence-corrected chi connectivity index (χ0v) is 20.3. The molecule has 0 aliphatic carbocycles. The first-order chi connectivity index (χ1) is 15.4. The van der Waals surface area contributed by atoms with Crippen LogP contribution in [0.25, 0.3) is 0 Å². The Bertz CT molecular complexity index is 1100. The van der Waals surface area contributed by atoms with Gasteiger partial charge >= 0.3 is 0 Å². The minimum atomic E-state index is -3.71. The van der Waals surface area contributed by atoms with E-state index in [2.05, 4.69) is 10.3 Å². The van der Waals surface area contributed by atoms with Crippen LogP contribution >= 0.6 is 23.1 Å². The van der Waals surface area contributed by atoms with Gasteiger partial charge in [0.1, 0.15) is 15.6 Å². The van der Waals surface area contributed by atoms with E-state index < -0.39 is 10.0 Å². The number of anilines is 1. The summed E-state index contributed by atoms with van der Waals surface area (Å²) in [6, 6.07) is 6.94. The second-order valence-corrected chi connectivity index (χ2v) is 11.9. The lowest BCUT2D eigenvalue weighted by atomic mass is 9.97. The van der Waals surface area contributed by atoms with Gasteiger partial charge in [-0.25, -0.2) is 13.4 Å². The Morgan fingerprint density at radius 3 is 2.69 bits per heavy atom. The Labute approximate surface area is 196 Å². The molecule has 1 unspecified atom stereocenters. The van der Waals surface area contributed by atoms with E-state index in [-0.39, 0.29) is 34.0 Å². The molecule has 0 saturated carbocycles. The molecule has 1 N–H and O–H groups in total. The van der Waals surface area contributed by atoms with Crippen LogP contribution in [0.1, 0.15) is 28.2 Å². The van der Waals surface area contributed by atoms with E-state index in [1.54, 1.807) is 28.1 Å². The third kappa shape index (κ3) is 5.00. The number of hydrogen-bond donors (Lipinski definition) is 1. The van der Waals surface area contributed by atoms with Crippen molar-refractivity contribution in [1.82, 2.24) is 14.2 Å². The van der Waals surface area contributed by atoms with Crippen molar-refractivity contribution in [2.45, 2.75) is 24.7 Å². The third-order valence-electron chi connectivity index (χ3n) is 5.63. The van der Waals surface area contributed by atoms with E-state index in [9.17, 15) is 18.0 Å². The average Bonchev–Trinajstić information content (AvgIpc) is 3.30. The molecule has 0 bridgehead atoms. The van der Waals surface area contributed by atoms with Crippen LogP contribution in [-0.4, -0.2) is 72.1 Å². The summed E-state index contributed by atoms with van der Waals surface area (Å²) in [4.78, 5) is 32.3. The standard InChI is InChI=1S/C21H26N4O4S3/c1-15-4-2-6-18(22-15)23-20(26)16-5-3-8-24(14-16)21(27)19-17(7-11-31-19)32(28,29)25-9-12-30-13-10-25/h2,4,6-7,11,16H,3,5,8-10,12-14H2,1H3,(H,22,23,26). The van der Waals surface area contributed by atoms with Crippen molar-refractivity contribution >= 4 is 50.8 Å². The number of aromatic nitrogens is 1. The van der Waals surface area contributed by atoms with Crippen molar-refractivity contribution in [1.29, 1.82) is 0 Å². The van der Waals surface area contributed by atoms with Crippen LogP contribution in [0.15, 0.2) is 34.5 Å². The van der Waals surface area contributed by atoms with Crippen LogP contribution < -0.4 is 5.32 Å². The fourth-order valence-electron chi connectivity index (χ4n) is 3.94. The van der Waals surface area contributed by atoms with Crippen LogP contribution in [0.4, 0.5) is 5.82 Å². The van der Waals surface area contributed by atoms with Crippen molar-refractivity contribution in [2.75, 3.05) is 43.0 Å². The molecule has 0 spiro atoms. The summed E-state index contributed by atoms with van der Waals surface area (Å²) in [7, 11) is -3.71. The molecule has 0 aromatic carbocycles. The number of nitrogens with one attached hydrogen (secondary N) is 1. The number of hydrogen-bond acceptors (Lipinski definition) is 7. The average molecular weight is 495 g/mol. The van der Waals surface area contributed by atoms with Gasteiger partial charge in [0.05, 0.1) is 5.92 Å². The number of amides is 2. The van der Waals surface area contributed by atoms with Gasteiger partial charge in [0, 0.05) is 43.4 Å². The summed E-state index contributed by atoms with van der Waals surface area (Å²) in [6.45, 7) is 3.52. The highest BCUT2D eigenvalue weighted by atomic mass is 32.2. The maximum atomic E-state index is 13.3. The Morgan fingerprint density at radius 2 is 1.94 bits per heavy atom. The van der Waals surface area contributed by atoms with Crippen molar-refractivity contribution in [3.8, 4) is 0 Å². The summed E-state index contributed by atoms with van der Waals surface area (Å²) < 4.78 is 27.7. The molecule has 2 aromatic rings. The van der Waals surface area contributed by atoms with Crippen LogP contribution in [0.3, 0.4) is 0 Å². The van der Waals surface area contributed by atoms with E-state index in [1.807, 2.05) is 19.1 Å². The SMILES string of the molecule is Cc1cccc(NC(=O)C2CCCN(C(=O)c3sccc3S(=O)(=O)N3CCSCC3)C2)n1. The molecular weight excluding hydrogens is 468 g/mol. The van der Waals surface area contributed by atoms with Gasteiger partial charge in [-0.2, -0.15) is 16.1 Å². The van der Waals surface area contributed by atoms with Crippen molar-refractivity contribution in [3.05, 3.63) is 40.2 Å². The highest BCUT2D eigenvalue weighted by molar-refractivity contribution is 7.99. The maximum Gasteiger partial charge on any atom is 0.265 e. The molecule has 2 saturated heterocycles. The van der Waals surface area contributed by atoms with Crippen LogP contribution in [-0.2, 0) is 14.8 Å². The van der Waals surface area contributed by atoms with Crippen molar-refractivity contribution < 1.29 is 18.0 Å². The summed E-state index contributed by atoms with van der Waals surface area (Å²) in [5.74, 6) is 1.14. The summed E-state index contributed by atoms with van der Waals surface area (Å²) in [6.07, 6.45) is 1.35. The minimum absolute atomic E-state index is 0.0786. The van der Waals surface area contributed by atoms with Gasteiger partial charge in [0.2, 0.25) is 15.9 Å². The van der Waals surface area contributed by atoms with Gasteiger partial charge in [-0.1, -0.05) is 6.07 Å². The van der Waals surface area contributed by atoms with E-state index in [0.29, 0.717) is 38.3 Å². The number of piperidine rings is 1. The molecule has 2 aliphatic heterocycles. The number of nitrogens with zero attached hydrogens (tertiary/aromatic N) is 3. The topological polar surface area (TPSA) is 99.7 Å². The monoisotopic (exact) mass is 494 g/mol. The molecule has 2 aliphatic rings. The quantitative estimate of drug-likeness (QED) is 0.686. The van der Waals surface area contributed by atoms with Crippen LogP contribution in [0.2, 0.25) is 0 Å².